The second-order valence-corrected chi connectivity index (χ2v) is 5.68. The number of thiophene rings is 1. The number of carbonyl (C=O) groups excluding carboxylic acids is 1. The molecule has 0 atom stereocenters. The number of amides is 1. The summed E-state index contributed by atoms with van der Waals surface area (Å²) in [5.41, 5.74) is 0.466. The molecule has 0 spiro atoms. The molecule has 1 N–H and O–H groups in total. The van der Waals surface area contributed by atoms with Gasteiger partial charge in [-0.05, 0) is 35.7 Å². The van der Waals surface area contributed by atoms with Crippen LogP contribution in [0.5, 0.6) is 17.2 Å². The topological polar surface area (TPSA) is 60.5 Å². The van der Waals surface area contributed by atoms with E-state index in [1.807, 2.05) is 0 Å². The van der Waals surface area contributed by atoms with Crippen molar-refractivity contribution in [3.05, 3.63) is 65.1 Å². The Morgan fingerprint density at radius 3 is 2.68 bits per heavy atom. The average molecular weight is 362 g/mol. The maximum atomic E-state index is 12.4. The molecule has 1 aromatic carbocycles. The lowest BCUT2D eigenvalue weighted by Crippen LogP contribution is -2.13. The van der Waals surface area contributed by atoms with E-state index in [9.17, 15) is 13.6 Å². The molecule has 128 valence electrons. The van der Waals surface area contributed by atoms with Crippen molar-refractivity contribution in [2.24, 2.45) is 0 Å². The van der Waals surface area contributed by atoms with Crippen molar-refractivity contribution >= 4 is 22.9 Å². The van der Waals surface area contributed by atoms with Crippen LogP contribution >= 0.6 is 11.3 Å². The number of halogens is 2. The van der Waals surface area contributed by atoms with Crippen LogP contribution in [0.1, 0.15) is 9.67 Å². The molecule has 25 heavy (non-hydrogen) atoms. The van der Waals surface area contributed by atoms with E-state index >= 15 is 0 Å². The fraction of sp³-hybridized carbons (Fsp3) is 0.0588. The number of rotatable bonds is 6. The first-order valence-electron chi connectivity index (χ1n) is 7.13. The minimum Gasteiger partial charge on any atom is -0.457 e. The number of anilines is 1. The number of alkyl halides is 2. The zero-order chi connectivity index (χ0) is 17.6. The van der Waals surface area contributed by atoms with Gasteiger partial charge in [0.1, 0.15) is 22.1 Å². The van der Waals surface area contributed by atoms with Gasteiger partial charge in [-0.1, -0.05) is 6.07 Å². The monoisotopic (exact) mass is 362 g/mol. The first kappa shape index (κ1) is 16.8. The summed E-state index contributed by atoms with van der Waals surface area (Å²) in [6.07, 6.45) is 3.20. The third-order valence-electron chi connectivity index (χ3n) is 3.03. The molecule has 1 amide bonds. The largest absolute Gasteiger partial charge is 0.457 e. The minimum atomic E-state index is -2.99. The number of nitrogens with one attached hydrogen (secondary N) is 1. The Balaban J connectivity index is 1.72. The SMILES string of the molecule is O=C(Nc1cccc(Oc2ccncc2)c1)c1sccc1OC(F)F. The fourth-order valence-electron chi connectivity index (χ4n) is 2.02. The first-order valence-corrected chi connectivity index (χ1v) is 8.01. The third-order valence-corrected chi connectivity index (χ3v) is 3.92. The van der Waals surface area contributed by atoms with Crippen LogP contribution in [0.25, 0.3) is 0 Å². The number of aromatic nitrogens is 1. The van der Waals surface area contributed by atoms with Gasteiger partial charge in [-0.25, -0.2) is 0 Å². The van der Waals surface area contributed by atoms with Crippen LogP contribution in [0, 0.1) is 0 Å². The van der Waals surface area contributed by atoms with E-state index in [1.54, 1.807) is 48.8 Å². The molecule has 2 heterocycles. The van der Waals surface area contributed by atoms with Crippen LogP contribution in [-0.4, -0.2) is 17.5 Å². The maximum Gasteiger partial charge on any atom is 0.387 e. The van der Waals surface area contributed by atoms with Crippen molar-refractivity contribution in [1.29, 1.82) is 0 Å². The summed E-state index contributed by atoms with van der Waals surface area (Å²) >= 11 is 1.02. The van der Waals surface area contributed by atoms with Gasteiger partial charge in [-0.3, -0.25) is 9.78 Å². The van der Waals surface area contributed by atoms with E-state index < -0.39 is 12.5 Å². The van der Waals surface area contributed by atoms with Crippen molar-refractivity contribution < 1.29 is 23.0 Å². The molecule has 0 fully saturated rings. The highest BCUT2D eigenvalue weighted by Crippen LogP contribution is 2.28. The quantitative estimate of drug-likeness (QED) is 0.685. The van der Waals surface area contributed by atoms with E-state index in [-0.39, 0.29) is 10.6 Å². The van der Waals surface area contributed by atoms with Crippen molar-refractivity contribution in [3.8, 4) is 17.2 Å². The summed E-state index contributed by atoms with van der Waals surface area (Å²) in [4.78, 5) is 16.2. The summed E-state index contributed by atoms with van der Waals surface area (Å²) in [7, 11) is 0. The van der Waals surface area contributed by atoms with E-state index in [1.165, 1.54) is 11.4 Å². The van der Waals surface area contributed by atoms with Crippen LogP contribution in [0.3, 0.4) is 0 Å². The van der Waals surface area contributed by atoms with Gasteiger partial charge < -0.3 is 14.8 Å². The Labute approximate surface area is 145 Å². The van der Waals surface area contributed by atoms with Gasteiger partial charge in [0.25, 0.3) is 5.91 Å². The zero-order valence-corrected chi connectivity index (χ0v) is 13.5. The van der Waals surface area contributed by atoms with E-state index in [4.69, 9.17) is 4.74 Å². The van der Waals surface area contributed by atoms with Crippen molar-refractivity contribution in [2.75, 3.05) is 5.32 Å². The van der Waals surface area contributed by atoms with Gasteiger partial charge in [0.2, 0.25) is 0 Å². The van der Waals surface area contributed by atoms with Gasteiger partial charge in [0, 0.05) is 24.1 Å². The third kappa shape index (κ3) is 4.51. The van der Waals surface area contributed by atoms with Crippen molar-refractivity contribution in [3.63, 3.8) is 0 Å². The van der Waals surface area contributed by atoms with Gasteiger partial charge in [0.15, 0.2) is 0 Å². The summed E-state index contributed by atoms with van der Waals surface area (Å²) in [5, 5.41) is 4.15. The molecule has 0 aliphatic rings. The van der Waals surface area contributed by atoms with Gasteiger partial charge in [-0.15, -0.1) is 11.3 Å². The van der Waals surface area contributed by atoms with Gasteiger partial charge >= 0.3 is 6.61 Å². The highest BCUT2D eigenvalue weighted by molar-refractivity contribution is 7.12. The van der Waals surface area contributed by atoms with Gasteiger partial charge in [0.05, 0.1) is 0 Å². The summed E-state index contributed by atoms with van der Waals surface area (Å²) in [6.45, 7) is -2.99. The summed E-state index contributed by atoms with van der Waals surface area (Å²) in [6, 6.07) is 11.5. The molecule has 2 aromatic heterocycles. The van der Waals surface area contributed by atoms with Gasteiger partial charge in [-0.2, -0.15) is 8.78 Å². The molecule has 5 nitrogen and oxygen atoms in total. The zero-order valence-electron chi connectivity index (χ0n) is 12.7. The number of hydrogen-bond acceptors (Lipinski definition) is 5. The highest BCUT2D eigenvalue weighted by Gasteiger charge is 2.17. The molecular formula is C17H12F2N2O3S. The van der Waals surface area contributed by atoms with Crippen molar-refractivity contribution in [2.45, 2.75) is 6.61 Å². The Bertz CT molecular complexity index is 856. The fourth-order valence-corrected chi connectivity index (χ4v) is 2.74. The van der Waals surface area contributed by atoms with Crippen molar-refractivity contribution in [1.82, 2.24) is 4.98 Å². The van der Waals surface area contributed by atoms with Crippen LogP contribution in [0.4, 0.5) is 14.5 Å². The number of carbonyl (C=O) groups is 1. The molecule has 0 radical (unpaired) electrons. The number of hydrogen-bond donors (Lipinski definition) is 1. The number of ether oxygens (including phenoxy) is 2. The second kappa shape index (κ2) is 7.71. The predicted molar refractivity (Wildman–Crippen MR) is 89.7 cm³/mol. The number of benzene rings is 1. The molecule has 0 saturated carbocycles. The molecule has 0 bridgehead atoms. The minimum absolute atomic E-state index is 0.0701. The number of nitrogens with zero attached hydrogens (tertiary/aromatic N) is 1. The maximum absolute atomic E-state index is 12.4. The predicted octanol–water partition coefficient (Wildman–Crippen LogP) is 4.79. The first-order chi connectivity index (χ1) is 12.1. The molecule has 8 heteroatoms. The Kier molecular flexibility index (Phi) is 5.20. The average Bonchev–Trinajstić information content (AvgIpc) is 3.03. The van der Waals surface area contributed by atoms with E-state index in [0.29, 0.717) is 17.2 Å². The van der Waals surface area contributed by atoms with E-state index in [2.05, 4.69) is 15.0 Å². The molecule has 0 aliphatic carbocycles. The van der Waals surface area contributed by atoms with Crippen LogP contribution in [0.2, 0.25) is 0 Å². The molecule has 0 unspecified atom stereocenters. The molecule has 0 aliphatic heterocycles. The van der Waals surface area contributed by atoms with Crippen LogP contribution < -0.4 is 14.8 Å². The lowest BCUT2D eigenvalue weighted by molar-refractivity contribution is -0.0498. The molecule has 3 aromatic rings. The molecule has 3 rings (SSSR count). The standard InChI is InChI=1S/C17H12F2N2O3S/c18-17(19)24-14-6-9-25-15(14)16(22)21-11-2-1-3-13(10-11)23-12-4-7-20-8-5-12/h1-10,17H,(H,21,22). The van der Waals surface area contributed by atoms with Crippen LogP contribution in [0.15, 0.2) is 60.2 Å². The molecular weight excluding hydrogens is 350 g/mol. The Hall–Kier alpha value is -3.00. The lowest BCUT2D eigenvalue weighted by Gasteiger charge is -2.09. The molecule has 0 saturated heterocycles. The normalized spacial score (nSPS) is 10.5. The number of pyridine rings is 1. The Morgan fingerprint density at radius 1 is 1.12 bits per heavy atom. The highest BCUT2D eigenvalue weighted by atomic mass is 32.1. The lowest BCUT2D eigenvalue weighted by atomic mass is 10.3. The van der Waals surface area contributed by atoms with E-state index in [0.717, 1.165) is 11.3 Å². The van der Waals surface area contributed by atoms with Crippen LogP contribution in [-0.2, 0) is 0 Å². The summed E-state index contributed by atoms with van der Waals surface area (Å²) < 4.78 is 34.7. The second-order valence-electron chi connectivity index (χ2n) is 4.76. The Morgan fingerprint density at radius 2 is 1.92 bits per heavy atom. The smallest absolute Gasteiger partial charge is 0.387 e. The summed E-state index contributed by atoms with van der Waals surface area (Å²) in [5.74, 6) is 0.428.